The second-order valence-electron chi connectivity index (χ2n) is 18.9. The van der Waals surface area contributed by atoms with Crippen molar-refractivity contribution < 1.29 is 80.6 Å². The average Bonchev–Trinajstić information content (AvgIpc) is 3.37. The number of allylic oxidation sites excluding steroid dienone is 4. The Morgan fingerprint density at radius 2 is 1.22 bits per heavy atom. The lowest BCUT2D eigenvalue weighted by Gasteiger charge is -2.47. The van der Waals surface area contributed by atoms with Crippen molar-refractivity contribution in [2.75, 3.05) is 76.8 Å². The van der Waals surface area contributed by atoms with E-state index in [1.54, 1.807) is 66.9 Å². The summed E-state index contributed by atoms with van der Waals surface area (Å²) in [4.78, 5) is 29.8. The third-order valence-corrected chi connectivity index (χ3v) is 13.8. The summed E-state index contributed by atoms with van der Waals surface area (Å²) in [7, 11) is 10.8. The number of Topliss-reactive ketones (excluding diaryl/α,β-unsaturated/α-hetero) is 1. The Labute approximate surface area is 426 Å². The first-order chi connectivity index (χ1) is 34.6. The number of methoxy groups -OCH3 is 7. The van der Waals surface area contributed by atoms with Gasteiger partial charge in [-0.05, 0) is 62.1 Å². The molecule has 17 nitrogen and oxygen atoms in total. The van der Waals surface area contributed by atoms with Crippen LogP contribution in [0.4, 0.5) is 0 Å². The highest BCUT2D eigenvalue weighted by molar-refractivity contribution is 5.83. The van der Waals surface area contributed by atoms with Crippen molar-refractivity contribution in [3.8, 4) is 23.0 Å². The third-order valence-electron chi connectivity index (χ3n) is 13.8. The van der Waals surface area contributed by atoms with E-state index in [2.05, 4.69) is 19.1 Å². The Morgan fingerprint density at radius 1 is 0.681 bits per heavy atom. The summed E-state index contributed by atoms with van der Waals surface area (Å²) in [5.74, 6) is -1.49. The highest BCUT2D eigenvalue weighted by atomic mass is 16.7. The van der Waals surface area contributed by atoms with Crippen LogP contribution in [0, 0.1) is 35.5 Å². The first-order valence-corrected chi connectivity index (χ1v) is 24.7. The van der Waals surface area contributed by atoms with Gasteiger partial charge < -0.3 is 71.1 Å². The quantitative estimate of drug-likeness (QED) is 0.0742. The molecular weight excluding hydrogens is 933 g/mol. The van der Waals surface area contributed by atoms with E-state index in [1.165, 1.54) is 7.11 Å². The Kier molecular flexibility index (Phi) is 23.0. The number of cyclic esters (lactones) is 1. The Hall–Kier alpha value is -4.40. The number of esters is 1. The van der Waals surface area contributed by atoms with Crippen LogP contribution in [-0.4, -0.2) is 131 Å². The van der Waals surface area contributed by atoms with Gasteiger partial charge >= 0.3 is 5.97 Å². The lowest BCUT2D eigenvalue weighted by molar-refractivity contribution is -0.308. The third kappa shape index (κ3) is 14.5. The molecule has 2 aromatic rings. The number of fused-ring (bicyclic) bond motifs is 4. The van der Waals surface area contributed by atoms with Crippen LogP contribution in [-0.2, 0) is 61.7 Å². The van der Waals surface area contributed by atoms with Crippen molar-refractivity contribution in [2.45, 2.75) is 117 Å². The highest BCUT2D eigenvalue weighted by Crippen LogP contribution is 2.45. The molecule has 0 N–H and O–H groups in total. The van der Waals surface area contributed by atoms with Gasteiger partial charge in [0.05, 0.1) is 71.5 Å². The number of rotatable bonds is 19. The maximum atomic E-state index is 15.2. The molecule has 15 atom stereocenters. The Bertz CT molecular complexity index is 2120. The molecule has 2 saturated heterocycles. The van der Waals surface area contributed by atoms with Gasteiger partial charge in [-0.25, -0.2) is 4.79 Å². The molecular formula is C55H80O17. The minimum atomic E-state index is -1.33. The van der Waals surface area contributed by atoms with Crippen LogP contribution >= 0.6 is 0 Å². The monoisotopic (exact) mass is 1010 g/mol. The first kappa shape index (κ1) is 58.5. The number of hydrogen-bond donors (Lipinski definition) is 0. The van der Waals surface area contributed by atoms with Gasteiger partial charge in [-0.1, -0.05) is 71.1 Å². The Morgan fingerprint density at radius 3 is 1.78 bits per heavy atom. The summed E-state index contributed by atoms with van der Waals surface area (Å²) in [6.07, 6.45) is 0.368. The standard InChI is InChI=1S/C55H80O17/c1-16-17-31(2)22-33(4)48(67-29-59-10)40-27-65-53(57)52(68-30-60-11)51-37(8)49(70-55(72-51)39-19-21-43(62-13)46(25-39)64-15)36(7)47(66-28-58-9)34(5)23-32(3)41(56)26-44-35(6)50(40)71-54(69-44)38-18-20-42(61-12)45(24-38)63-14/h16-25,31-32,35-37,40,44,47-52,54-55H,26-30H2,1-15H3/b17-16-,33-22+,34-23-/t31-,32-,35+,36+,37+,40+,44-,47-,48+,49-,50-,51-,52+,54-,55-/m0/s1. The zero-order valence-corrected chi connectivity index (χ0v) is 44.9. The molecule has 0 aromatic heterocycles. The molecule has 2 fully saturated rings. The number of ketones is 1. The van der Waals surface area contributed by atoms with Crippen molar-refractivity contribution in [1.82, 2.24) is 0 Å². The number of benzene rings is 2. The molecule has 402 valence electrons. The lowest BCUT2D eigenvalue weighted by Crippen LogP contribution is -2.55. The van der Waals surface area contributed by atoms with Gasteiger partial charge in [-0.2, -0.15) is 0 Å². The molecule has 72 heavy (non-hydrogen) atoms. The molecule has 0 saturated carbocycles. The zero-order chi connectivity index (χ0) is 52.6. The van der Waals surface area contributed by atoms with Crippen LogP contribution in [0.5, 0.6) is 23.0 Å². The maximum absolute atomic E-state index is 15.2. The highest BCUT2D eigenvalue weighted by Gasteiger charge is 2.50. The van der Waals surface area contributed by atoms with Crippen LogP contribution in [0.2, 0.25) is 0 Å². The largest absolute Gasteiger partial charge is 0.493 e. The molecule has 0 spiro atoms. The van der Waals surface area contributed by atoms with Crippen LogP contribution in [0.1, 0.15) is 85.5 Å². The molecule has 0 radical (unpaired) electrons. The second kappa shape index (κ2) is 28.3. The molecule has 3 aliphatic heterocycles. The van der Waals surface area contributed by atoms with E-state index in [1.807, 2.05) is 72.8 Å². The summed E-state index contributed by atoms with van der Waals surface area (Å²) in [6, 6.07) is 10.7. The van der Waals surface area contributed by atoms with Crippen molar-refractivity contribution in [2.24, 2.45) is 35.5 Å². The number of ether oxygens (including phenoxy) is 15. The topological polar surface area (TPSA) is 173 Å². The molecule has 5 rings (SSSR count). The van der Waals surface area contributed by atoms with Gasteiger partial charge in [0, 0.05) is 62.5 Å². The van der Waals surface area contributed by atoms with Crippen molar-refractivity contribution in [3.05, 3.63) is 83.0 Å². The molecule has 0 aliphatic carbocycles. The normalized spacial score (nSPS) is 31.6. The zero-order valence-electron chi connectivity index (χ0n) is 44.9. The van der Waals surface area contributed by atoms with E-state index in [9.17, 15) is 4.79 Å². The van der Waals surface area contributed by atoms with Gasteiger partial charge in [-0.15, -0.1) is 0 Å². The van der Waals surface area contributed by atoms with Crippen molar-refractivity contribution >= 4 is 11.8 Å². The fourth-order valence-electron chi connectivity index (χ4n) is 10.2. The minimum Gasteiger partial charge on any atom is -0.493 e. The van der Waals surface area contributed by atoms with Crippen LogP contribution in [0.25, 0.3) is 0 Å². The summed E-state index contributed by atoms with van der Waals surface area (Å²) in [5.41, 5.74) is 2.85. The smallest absolute Gasteiger partial charge is 0.338 e. The van der Waals surface area contributed by atoms with E-state index >= 15 is 4.79 Å². The number of carbonyl (C=O) groups excluding carboxylic acids is 2. The fraction of sp³-hybridized carbons (Fsp3) is 0.636. The maximum Gasteiger partial charge on any atom is 0.338 e. The molecule has 3 heterocycles. The molecule has 0 amide bonds. The van der Waals surface area contributed by atoms with Gasteiger partial charge in [0.2, 0.25) is 0 Å². The molecule has 17 heteroatoms. The van der Waals surface area contributed by atoms with Crippen LogP contribution < -0.4 is 18.9 Å². The fourth-order valence-corrected chi connectivity index (χ4v) is 10.2. The summed E-state index contributed by atoms with van der Waals surface area (Å²) in [6.45, 7) is 15.1. The van der Waals surface area contributed by atoms with E-state index in [0.29, 0.717) is 34.1 Å². The summed E-state index contributed by atoms with van der Waals surface area (Å²) >= 11 is 0. The van der Waals surface area contributed by atoms with E-state index in [-0.39, 0.29) is 45.1 Å². The van der Waals surface area contributed by atoms with E-state index in [4.69, 9.17) is 71.1 Å². The molecule has 3 aliphatic rings. The first-order valence-electron chi connectivity index (χ1n) is 24.7. The number of hydrogen-bond acceptors (Lipinski definition) is 17. The van der Waals surface area contributed by atoms with Gasteiger partial charge in [-0.3, -0.25) is 4.79 Å². The predicted octanol–water partition coefficient (Wildman–Crippen LogP) is 8.74. The SMILES string of the molecule is C/C=C\[C@H](C)/C=C(\C)[C@@H](OCOC)[C@H]1COC(=O)[C@H](OCOC)[C@H]2O[C@@H](c3ccc(OC)c(OC)c3)O[C@H]([C@H]2C)[C@H](C)[C@@H](OCOC)/C(C)=C\[C@H](C)C(=O)C[C@@H]2O[C@H](c3ccc(OC)c(OC)c3)O[C@H]1[C@@H]2C. The second-order valence-corrected chi connectivity index (χ2v) is 18.9. The van der Waals surface area contributed by atoms with Crippen LogP contribution in [0.15, 0.2) is 71.8 Å². The van der Waals surface area contributed by atoms with Gasteiger partial charge in [0.15, 0.2) is 41.7 Å². The Balaban J connectivity index is 1.74. The molecule has 2 aromatic carbocycles. The number of carbonyl (C=O) groups is 2. The molecule has 4 bridgehead atoms. The van der Waals surface area contributed by atoms with E-state index in [0.717, 1.165) is 11.1 Å². The minimum absolute atomic E-state index is 0.0220. The average molecular weight is 1010 g/mol. The van der Waals surface area contributed by atoms with E-state index < -0.39 is 90.9 Å². The van der Waals surface area contributed by atoms with Crippen molar-refractivity contribution in [1.29, 1.82) is 0 Å². The van der Waals surface area contributed by atoms with Crippen molar-refractivity contribution in [3.63, 3.8) is 0 Å². The van der Waals surface area contributed by atoms with Crippen LogP contribution in [0.3, 0.4) is 0 Å². The van der Waals surface area contributed by atoms with Gasteiger partial charge in [0.25, 0.3) is 0 Å². The predicted molar refractivity (Wildman–Crippen MR) is 267 cm³/mol. The molecule has 0 unspecified atom stereocenters. The van der Waals surface area contributed by atoms with Gasteiger partial charge in [0.1, 0.15) is 32.3 Å². The summed E-state index contributed by atoms with van der Waals surface area (Å²) in [5, 5.41) is 0. The summed E-state index contributed by atoms with van der Waals surface area (Å²) < 4.78 is 92.4. The lowest BCUT2D eigenvalue weighted by atomic mass is 9.79.